The fraction of sp³-hybridized carbons (Fsp3) is 0.250. The summed E-state index contributed by atoms with van der Waals surface area (Å²) in [7, 11) is 0. The molecule has 126 valence electrons. The third-order valence-corrected chi connectivity index (χ3v) is 2.46. The minimum Gasteiger partial charge on any atom is -0.296 e. The normalized spacial score (nSPS) is 9.91. The van der Waals surface area contributed by atoms with E-state index in [0.717, 1.165) is 12.1 Å². The summed E-state index contributed by atoms with van der Waals surface area (Å²) in [6.07, 6.45) is -2.35. The largest absolute Gasteiger partial charge is 0.416 e. The van der Waals surface area contributed by atoms with Gasteiger partial charge in [0.1, 0.15) is 11.5 Å². The second kappa shape index (κ2) is 9.94. The number of nitrogens with zero attached hydrogens (tertiary/aromatic N) is 1. The molecule has 0 aliphatic heterocycles. The summed E-state index contributed by atoms with van der Waals surface area (Å²) < 4.78 is 48.4. The lowest BCUT2D eigenvalue weighted by molar-refractivity contribution is -0.137. The van der Waals surface area contributed by atoms with Gasteiger partial charge in [-0.2, -0.15) is 13.2 Å². The maximum absolute atomic E-state index is 12.5. The molecule has 0 aliphatic carbocycles. The molecule has 0 saturated carbocycles. The van der Waals surface area contributed by atoms with E-state index in [1.807, 2.05) is 13.8 Å². The molecule has 0 aliphatic rings. The molecule has 23 heavy (non-hydrogen) atoms. The van der Waals surface area contributed by atoms with E-state index < -0.39 is 17.6 Å². The summed E-state index contributed by atoms with van der Waals surface area (Å²) in [6.45, 7) is 5.42. The molecule has 7 heteroatoms. The molecular formula is C16H16ClF4NO. The van der Waals surface area contributed by atoms with Crippen LogP contribution in [0.3, 0.4) is 0 Å². The van der Waals surface area contributed by atoms with Crippen molar-refractivity contribution >= 4 is 17.9 Å². The van der Waals surface area contributed by atoms with E-state index in [-0.39, 0.29) is 5.56 Å². The molecule has 2 rings (SSSR count). The fourth-order valence-electron chi connectivity index (χ4n) is 1.36. The predicted molar refractivity (Wildman–Crippen MR) is 82.1 cm³/mol. The highest BCUT2D eigenvalue weighted by Gasteiger charge is 2.30. The number of pyridine rings is 1. The number of carbonyl (C=O) groups excluding carboxylic acids is 1. The van der Waals surface area contributed by atoms with Gasteiger partial charge in [-0.15, -0.1) is 0 Å². The number of hydrogen-bond donors (Lipinski definition) is 0. The summed E-state index contributed by atoms with van der Waals surface area (Å²) in [5, 5.41) is 0.542. The second-order valence-electron chi connectivity index (χ2n) is 4.03. The van der Waals surface area contributed by atoms with Crippen molar-refractivity contribution in [2.45, 2.75) is 26.9 Å². The van der Waals surface area contributed by atoms with Crippen LogP contribution >= 0.6 is 11.6 Å². The van der Waals surface area contributed by atoms with E-state index in [9.17, 15) is 22.4 Å². The SMILES string of the molecule is CC.Cc1cc(F)cc(C(F)(F)F)c1.O=Cc1ccc(Cl)cn1. The van der Waals surface area contributed by atoms with Crippen LogP contribution in [0.4, 0.5) is 17.6 Å². The molecule has 2 aromatic rings. The van der Waals surface area contributed by atoms with Gasteiger partial charge < -0.3 is 0 Å². The Balaban J connectivity index is 0.000000392. The van der Waals surface area contributed by atoms with Gasteiger partial charge in [-0.05, 0) is 42.8 Å². The highest BCUT2D eigenvalue weighted by atomic mass is 35.5. The molecule has 0 fully saturated rings. The number of aryl methyl sites for hydroxylation is 1. The Bertz CT molecular complexity index is 592. The monoisotopic (exact) mass is 349 g/mol. The van der Waals surface area contributed by atoms with Crippen LogP contribution in [0.1, 0.15) is 35.5 Å². The average Bonchev–Trinajstić information content (AvgIpc) is 2.49. The first-order valence-electron chi connectivity index (χ1n) is 6.63. The van der Waals surface area contributed by atoms with E-state index in [4.69, 9.17) is 11.6 Å². The topological polar surface area (TPSA) is 30.0 Å². The first kappa shape index (κ1) is 21.0. The fourth-order valence-corrected chi connectivity index (χ4v) is 1.47. The highest BCUT2D eigenvalue weighted by molar-refractivity contribution is 6.30. The Labute approximate surface area is 137 Å². The third kappa shape index (κ3) is 8.30. The van der Waals surface area contributed by atoms with Crippen LogP contribution in [-0.2, 0) is 6.18 Å². The lowest BCUT2D eigenvalue weighted by Gasteiger charge is -2.06. The Kier molecular flexibility index (Phi) is 9.10. The highest BCUT2D eigenvalue weighted by Crippen LogP contribution is 2.30. The van der Waals surface area contributed by atoms with Gasteiger partial charge in [0.2, 0.25) is 0 Å². The number of hydrogen-bond acceptors (Lipinski definition) is 2. The number of alkyl halides is 3. The van der Waals surface area contributed by atoms with Crippen molar-refractivity contribution in [2.24, 2.45) is 0 Å². The zero-order valence-electron chi connectivity index (χ0n) is 12.8. The van der Waals surface area contributed by atoms with Gasteiger partial charge in [-0.1, -0.05) is 25.4 Å². The molecule has 1 heterocycles. The van der Waals surface area contributed by atoms with E-state index in [2.05, 4.69) is 4.98 Å². The van der Waals surface area contributed by atoms with Crippen LogP contribution in [0.5, 0.6) is 0 Å². The van der Waals surface area contributed by atoms with Gasteiger partial charge in [0, 0.05) is 6.20 Å². The van der Waals surface area contributed by atoms with E-state index in [0.29, 0.717) is 23.1 Å². The number of aromatic nitrogens is 1. The first-order chi connectivity index (χ1) is 10.7. The summed E-state index contributed by atoms with van der Waals surface area (Å²) in [6, 6.07) is 5.62. The van der Waals surface area contributed by atoms with Gasteiger partial charge >= 0.3 is 6.18 Å². The third-order valence-electron chi connectivity index (χ3n) is 2.24. The maximum atomic E-state index is 12.5. The van der Waals surface area contributed by atoms with E-state index in [1.54, 1.807) is 12.1 Å². The lowest BCUT2D eigenvalue weighted by Crippen LogP contribution is -2.05. The second-order valence-corrected chi connectivity index (χ2v) is 4.47. The molecule has 0 spiro atoms. The zero-order chi connectivity index (χ0) is 18.0. The van der Waals surface area contributed by atoms with Gasteiger partial charge in [-0.3, -0.25) is 9.78 Å². The van der Waals surface area contributed by atoms with Crippen molar-refractivity contribution in [1.29, 1.82) is 0 Å². The molecule has 0 bridgehead atoms. The van der Waals surface area contributed by atoms with Gasteiger partial charge in [-0.25, -0.2) is 4.39 Å². The summed E-state index contributed by atoms with van der Waals surface area (Å²) >= 11 is 5.49. The van der Waals surface area contributed by atoms with E-state index >= 15 is 0 Å². The minimum absolute atomic E-state index is 0.266. The van der Waals surface area contributed by atoms with Crippen molar-refractivity contribution in [3.05, 3.63) is 64.2 Å². The summed E-state index contributed by atoms with van der Waals surface area (Å²) in [4.78, 5) is 13.7. The predicted octanol–water partition coefficient (Wildman–Crippen LogP) is 5.73. The van der Waals surface area contributed by atoms with Crippen LogP contribution in [-0.4, -0.2) is 11.3 Å². The standard InChI is InChI=1S/C8H6F4.C6H4ClNO.C2H6/c1-5-2-6(8(10,11)12)4-7(9)3-5;7-5-1-2-6(4-9)8-3-5;1-2/h2-4H,1H3;1-4H;1-2H3. The van der Waals surface area contributed by atoms with Crippen molar-refractivity contribution in [2.75, 3.05) is 0 Å². The molecule has 0 N–H and O–H groups in total. The Morgan fingerprint density at radius 2 is 1.74 bits per heavy atom. The molecule has 1 aromatic carbocycles. The number of benzene rings is 1. The lowest BCUT2D eigenvalue weighted by atomic mass is 10.1. The maximum Gasteiger partial charge on any atom is 0.416 e. The van der Waals surface area contributed by atoms with Crippen molar-refractivity contribution in [3.8, 4) is 0 Å². The van der Waals surface area contributed by atoms with Gasteiger partial charge in [0.15, 0.2) is 6.29 Å². The average molecular weight is 350 g/mol. The van der Waals surface area contributed by atoms with Crippen LogP contribution in [0, 0.1) is 12.7 Å². The number of carbonyl (C=O) groups is 1. The van der Waals surface area contributed by atoms with Crippen molar-refractivity contribution in [3.63, 3.8) is 0 Å². The Hall–Kier alpha value is -1.95. The van der Waals surface area contributed by atoms with Crippen molar-refractivity contribution in [1.82, 2.24) is 4.98 Å². The molecule has 2 nitrogen and oxygen atoms in total. The van der Waals surface area contributed by atoms with Crippen LogP contribution in [0.2, 0.25) is 5.02 Å². The molecular weight excluding hydrogens is 334 g/mol. The molecule has 1 aromatic heterocycles. The number of halogens is 5. The van der Waals surface area contributed by atoms with Gasteiger partial charge in [0.25, 0.3) is 0 Å². The summed E-state index contributed by atoms with van der Waals surface area (Å²) in [5.41, 5.74) is -0.276. The molecule has 0 unspecified atom stereocenters. The molecule has 0 atom stereocenters. The number of aldehydes is 1. The quantitative estimate of drug-likeness (QED) is 0.486. The Morgan fingerprint density at radius 1 is 1.13 bits per heavy atom. The smallest absolute Gasteiger partial charge is 0.296 e. The van der Waals surface area contributed by atoms with Crippen molar-refractivity contribution < 1.29 is 22.4 Å². The van der Waals surface area contributed by atoms with Crippen LogP contribution in [0.25, 0.3) is 0 Å². The minimum atomic E-state index is -4.47. The Morgan fingerprint density at radius 3 is 2.13 bits per heavy atom. The first-order valence-corrected chi connectivity index (χ1v) is 7.01. The molecule has 0 saturated heterocycles. The summed E-state index contributed by atoms with van der Waals surface area (Å²) in [5.74, 6) is -0.859. The van der Waals surface area contributed by atoms with Gasteiger partial charge in [0.05, 0.1) is 10.6 Å². The zero-order valence-corrected chi connectivity index (χ0v) is 13.5. The molecule has 0 amide bonds. The number of rotatable bonds is 1. The van der Waals surface area contributed by atoms with Crippen LogP contribution in [0.15, 0.2) is 36.5 Å². The van der Waals surface area contributed by atoms with E-state index in [1.165, 1.54) is 13.1 Å². The molecule has 0 radical (unpaired) electrons. The van der Waals surface area contributed by atoms with Crippen LogP contribution < -0.4 is 0 Å².